The van der Waals surface area contributed by atoms with E-state index in [0.29, 0.717) is 12.8 Å². The molecule has 0 aliphatic carbocycles. The van der Waals surface area contributed by atoms with Gasteiger partial charge in [-0.2, -0.15) is 0 Å². The Kier molecular flexibility index (Phi) is 38.0. The summed E-state index contributed by atoms with van der Waals surface area (Å²) in [5.74, 6) is -1.55. The largest absolute Gasteiger partial charge is 0.477 e. The van der Waals surface area contributed by atoms with Gasteiger partial charge in [-0.25, -0.2) is 4.79 Å². The molecule has 0 heterocycles. The topological polar surface area (TPSA) is 99.1 Å². The van der Waals surface area contributed by atoms with Crippen LogP contribution >= 0.6 is 0 Å². The SMILES string of the molecule is CC/C=C/C=C/C=C/C=C/CCCCCCCC(=O)OCC(COCCC(C(=O)O)[N+](C)(C)C)OC(=O)CCCCCC/C=C/C/C=C/C/C=C/C/C=C/C/C=C/CC. The molecule has 0 bridgehead atoms. The summed E-state index contributed by atoms with van der Waals surface area (Å²) in [6, 6.07) is -0.631. The maximum atomic E-state index is 12.7. The van der Waals surface area contributed by atoms with Crippen LogP contribution in [0.15, 0.2) is 109 Å². The summed E-state index contributed by atoms with van der Waals surface area (Å²) in [5.41, 5.74) is 0. The number of quaternary nitrogens is 1. The molecule has 0 saturated carbocycles. The van der Waals surface area contributed by atoms with Crippen LogP contribution in [0.25, 0.3) is 0 Å². The van der Waals surface area contributed by atoms with Crippen molar-refractivity contribution < 1.29 is 38.2 Å². The second-order valence-electron chi connectivity index (χ2n) is 15.6. The van der Waals surface area contributed by atoms with E-state index in [2.05, 4.69) is 92.8 Å². The van der Waals surface area contributed by atoms with Crippen LogP contribution in [0.1, 0.15) is 142 Å². The minimum atomic E-state index is -0.889. The van der Waals surface area contributed by atoms with Gasteiger partial charge in [0.05, 0.1) is 34.4 Å². The summed E-state index contributed by atoms with van der Waals surface area (Å²) < 4.78 is 17.2. The summed E-state index contributed by atoms with van der Waals surface area (Å²) in [6.07, 6.45) is 55.6. The average Bonchev–Trinajstić information content (AvgIpc) is 3.19. The number of ether oxygens (including phenoxy) is 3. The number of likely N-dealkylation sites (N-methyl/N-ethyl adjacent to an activating group) is 1. The molecule has 59 heavy (non-hydrogen) atoms. The average molecular weight is 821 g/mol. The summed E-state index contributed by atoms with van der Waals surface area (Å²) in [5, 5.41) is 9.63. The van der Waals surface area contributed by atoms with Crippen molar-refractivity contribution in [3.63, 3.8) is 0 Å². The van der Waals surface area contributed by atoms with E-state index in [-0.39, 0.29) is 42.7 Å². The highest BCUT2D eigenvalue weighted by molar-refractivity contribution is 5.72. The first-order valence-corrected chi connectivity index (χ1v) is 22.5. The molecule has 0 rings (SSSR count). The monoisotopic (exact) mass is 821 g/mol. The predicted molar refractivity (Wildman–Crippen MR) is 247 cm³/mol. The molecule has 0 amide bonds. The Labute approximate surface area is 359 Å². The van der Waals surface area contributed by atoms with Gasteiger partial charge in [0.15, 0.2) is 12.1 Å². The zero-order valence-electron chi connectivity index (χ0n) is 37.7. The molecule has 0 saturated heterocycles. The van der Waals surface area contributed by atoms with Crippen LogP contribution in [0.2, 0.25) is 0 Å². The number of hydrogen-bond acceptors (Lipinski definition) is 6. The number of rotatable bonds is 38. The van der Waals surface area contributed by atoms with E-state index in [9.17, 15) is 19.5 Å². The maximum absolute atomic E-state index is 12.7. The van der Waals surface area contributed by atoms with Gasteiger partial charge in [0.25, 0.3) is 0 Å². The van der Waals surface area contributed by atoms with Crippen molar-refractivity contribution in [2.24, 2.45) is 0 Å². The molecule has 0 aliphatic rings. The Hall–Kier alpha value is -4.01. The Morgan fingerprint density at radius 1 is 0.525 bits per heavy atom. The van der Waals surface area contributed by atoms with E-state index in [0.717, 1.165) is 109 Å². The Morgan fingerprint density at radius 3 is 1.53 bits per heavy atom. The van der Waals surface area contributed by atoms with Gasteiger partial charge >= 0.3 is 17.9 Å². The van der Waals surface area contributed by atoms with Crippen LogP contribution in [-0.4, -0.2) is 80.6 Å². The van der Waals surface area contributed by atoms with Gasteiger partial charge in [-0.3, -0.25) is 9.59 Å². The molecule has 0 aliphatic heterocycles. The summed E-state index contributed by atoms with van der Waals surface area (Å²) in [4.78, 5) is 37.0. The molecule has 8 nitrogen and oxygen atoms in total. The van der Waals surface area contributed by atoms with Crippen molar-refractivity contribution >= 4 is 17.9 Å². The second-order valence-corrected chi connectivity index (χ2v) is 15.6. The molecule has 0 aromatic carbocycles. The number of aliphatic carboxylic acids is 1. The fourth-order valence-corrected chi connectivity index (χ4v) is 5.83. The molecule has 2 atom stereocenters. The van der Waals surface area contributed by atoms with E-state index < -0.39 is 18.1 Å². The number of unbranched alkanes of at least 4 members (excludes halogenated alkanes) is 9. The normalized spacial score (nSPS) is 14.0. The molecular formula is C51H82NO7+. The minimum absolute atomic E-state index is 0.0347. The molecule has 0 spiro atoms. The lowest BCUT2D eigenvalue weighted by atomic mass is 10.1. The van der Waals surface area contributed by atoms with Gasteiger partial charge in [-0.05, 0) is 77.0 Å². The fourth-order valence-electron chi connectivity index (χ4n) is 5.83. The fraction of sp³-hybridized carbons (Fsp3) is 0.588. The summed E-state index contributed by atoms with van der Waals surface area (Å²) >= 11 is 0. The molecule has 8 heteroatoms. The van der Waals surface area contributed by atoms with Crippen molar-refractivity contribution in [2.75, 3.05) is 41.0 Å². The van der Waals surface area contributed by atoms with E-state index in [4.69, 9.17) is 14.2 Å². The Bertz CT molecular complexity index is 1330. The summed E-state index contributed by atoms with van der Waals surface area (Å²) in [6.45, 7) is 4.40. The van der Waals surface area contributed by atoms with Crippen molar-refractivity contribution in [2.45, 2.75) is 154 Å². The van der Waals surface area contributed by atoms with Crippen LogP contribution in [0, 0.1) is 0 Å². The number of carbonyl (C=O) groups excluding carboxylic acids is 2. The molecule has 1 N–H and O–H groups in total. The van der Waals surface area contributed by atoms with Crippen molar-refractivity contribution in [3.05, 3.63) is 109 Å². The van der Waals surface area contributed by atoms with Crippen molar-refractivity contribution in [1.82, 2.24) is 0 Å². The van der Waals surface area contributed by atoms with E-state index >= 15 is 0 Å². The highest BCUT2D eigenvalue weighted by Crippen LogP contribution is 2.12. The minimum Gasteiger partial charge on any atom is -0.477 e. The molecular weight excluding hydrogens is 739 g/mol. The van der Waals surface area contributed by atoms with E-state index in [1.807, 2.05) is 51.5 Å². The van der Waals surface area contributed by atoms with E-state index in [1.54, 1.807) is 0 Å². The van der Waals surface area contributed by atoms with E-state index in [1.165, 1.54) is 0 Å². The van der Waals surface area contributed by atoms with Crippen molar-refractivity contribution in [1.29, 1.82) is 0 Å². The van der Waals surface area contributed by atoms with Crippen LogP contribution in [0.4, 0.5) is 0 Å². The molecule has 0 aromatic rings. The number of hydrogen-bond donors (Lipinski definition) is 1. The lowest BCUT2D eigenvalue weighted by Crippen LogP contribution is -2.50. The van der Waals surface area contributed by atoms with Crippen LogP contribution in [-0.2, 0) is 28.6 Å². The third-order valence-corrected chi connectivity index (χ3v) is 9.26. The Morgan fingerprint density at radius 2 is 0.983 bits per heavy atom. The highest BCUT2D eigenvalue weighted by Gasteiger charge is 2.31. The molecule has 332 valence electrons. The first kappa shape index (κ1) is 55.0. The number of carboxylic acids is 1. The zero-order valence-corrected chi connectivity index (χ0v) is 37.7. The van der Waals surface area contributed by atoms with Crippen molar-refractivity contribution in [3.8, 4) is 0 Å². The number of carbonyl (C=O) groups is 3. The highest BCUT2D eigenvalue weighted by atomic mass is 16.6. The maximum Gasteiger partial charge on any atom is 0.362 e. The first-order valence-electron chi connectivity index (χ1n) is 22.5. The molecule has 2 unspecified atom stereocenters. The van der Waals surface area contributed by atoms with Crippen LogP contribution in [0.3, 0.4) is 0 Å². The third kappa shape index (κ3) is 39.2. The van der Waals surface area contributed by atoms with Gasteiger partial charge in [0, 0.05) is 19.3 Å². The first-order chi connectivity index (χ1) is 28.6. The smallest absolute Gasteiger partial charge is 0.362 e. The number of carboxylic acid groups (broad SMARTS) is 1. The quantitative estimate of drug-likeness (QED) is 0.0218. The number of nitrogens with zero attached hydrogens (tertiary/aromatic N) is 1. The van der Waals surface area contributed by atoms with Crippen LogP contribution in [0.5, 0.6) is 0 Å². The lowest BCUT2D eigenvalue weighted by Gasteiger charge is -2.31. The van der Waals surface area contributed by atoms with Gasteiger partial charge in [0.1, 0.15) is 6.61 Å². The van der Waals surface area contributed by atoms with Gasteiger partial charge < -0.3 is 23.8 Å². The lowest BCUT2D eigenvalue weighted by molar-refractivity contribution is -0.887. The number of esters is 2. The van der Waals surface area contributed by atoms with Crippen LogP contribution < -0.4 is 0 Å². The molecule has 0 aromatic heterocycles. The van der Waals surface area contributed by atoms with Gasteiger partial charge in [-0.1, -0.05) is 155 Å². The molecule has 0 radical (unpaired) electrons. The van der Waals surface area contributed by atoms with Gasteiger partial charge in [-0.15, -0.1) is 0 Å². The zero-order chi connectivity index (χ0) is 43.5. The standard InChI is InChI=1S/C51H81NO7/c1-6-8-10-12-14-16-18-20-22-23-24-25-26-28-30-32-34-36-38-40-42-50(54)59-47(45-57-44-43-48(51(55)56)52(3,4)5)46-58-49(53)41-39-37-35-33-31-29-27-21-19-17-15-13-11-9-7-2/h8-11,13-17,19-22,24-25,27-28,30,47-48H,6-7,12,18,23,26,29,31-46H2,1-5H3/p+1/b10-8+,11-9+,15-13+,16-14+,19-17+,22-20+,25-24+,27-21+,30-28+. The Balaban J connectivity index is 4.45. The molecule has 0 fully saturated rings. The van der Waals surface area contributed by atoms with Gasteiger partial charge in [0.2, 0.25) is 0 Å². The third-order valence-electron chi connectivity index (χ3n) is 9.26. The second kappa shape index (κ2) is 40.8. The predicted octanol–water partition coefficient (Wildman–Crippen LogP) is 12.5. The summed E-state index contributed by atoms with van der Waals surface area (Å²) in [7, 11) is 5.49. The number of allylic oxidation sites excluding steroid dienone is 18.